The Kier molecular flexibility index (Phi) is 9.99. The molecule has 10 nitrogen and oxygen atoms in total. The number of anilines is 4. The smallest absolute Gasteiger partial charge is 0.228 e. The van der Waals surface area contributed by atoms with Crippen LogP contribution in [0.3, 0.4) is 0 Å². The number of aryl methyl sites for hydroxylation is 1. The molecule has 1 fully saturated rings. The summed E-state index contributed by atoms with van der Waals surface area (Å²) < 4.78 is 11.2. The van der Waals surface area contributed by atoms with Gasteiger partial charge in [-0.05, 0) is 39.3 Å². The van der Waals surface area contributed by atoms with Gasteiger partial charge in [-0.25, -0.2) is 9.97 Å². The molecule has 2 aromatic heterocycles. The number of ether oxygens (including phenoxy) is 2. The topological polar surface area (TPSA) is 120 Å². The predicted molar refractivity (Wildman–Crippen MR) is 137 cm³/mol. The minimum Gasteiger partial charge on any atom is -0.380 e. The van der Waals surface area contributed by atoms with E-state index in [4.69, 9.17) is 24.9 Å². The first-order valence-corrected chi connectivity index (χ1v) is 12.1. The average Bonchev–Trinajstić information content (AvgIpc) is 2.83. The van der Waals surface area contributed by atoms with Gasteiger partial charge in [0.25, 0.3) is 0 Å². The molecule has 186 valence electrons. The van der Waals surface area contributed by atoms with E-state index in [1.54, 1.807) is 0 Å². The third-order valence-corrected chi connectivity index (χ3v) is 5.32. The molecule has 34 heavy (non-hydrogen) atoms. The number of nitrogens with one attached hydrogen (secondary N) is 4. The largest absolute Gasteiger partial charge is 0.380 e. The van der Waals surface area contributed by atoms with E-state index in [1.165, 1.54) is 0 Å². The van der Waals surface area contributed by atoms with Crippen LogP contribution >= 0.6 is 0 Å². The molecule has 0 saturated carbocycles. The molecule has 3 heterocycles. The van der Waals surface area contributed by atoms with E-state index in [0.29, 0.717) is 67.1 Å². The molecule has 10 heteroatoms. The maximum atomic E-state index is 8.72. The Labute approximate surface area is 202 Å². The Hall–Kier alpha value is -2.82. The van der Waals surface area contributed by atoms with Gasteiger partial charge in [0.05, 0.1) is 18.9 Å². The zero-order valence-corrected chi connectivity index (χ0v) is 20.8. The molecular formula is C24H38N8O2. The standard InChI is InChI=1S/C24H38N8O2/c1-5-13-34-14-11-27-22-21(19(25)16-33-6-2)30-24(32-12-10-26-18(4)15-32)31-23(22)29-20-9-7-8-17(3)28-20/h7-9,18,25-27H,5-6,10-16H2,1-4H3,(H,28,29,30,31). The second-order valence-corrected chi connectivity index (χ2v) is 8.34. The Balaban J connectivity index is 2.00. The number of hydrogen-bond acceptors (Lipinski definition) is 10. The van der Waals surface area contributed by atoms with Crippen LogP contribution in [0.15, 0.2) is 18.2 Å². The van der Waals surface area contributed by atoms with Crippen molar-refractivity contribution in [2.24, 2.45) is 0 Å². The van der Waals surface area contributed by atoms with Crippen LogP contribution in [0.25, 0.3) is 0 Å². The van der Waals surface area contributed by atoms with Crippen molar-refractivity contribution in [3.63, 3.8) is 0 Å². The van der Waals surface area contributed by atoms with E-state index in [1.807, 2.05) is 32.0 Å². The second-order valence-electron chi connectivity index (χ2n) is 8.34. The van der Waals surface area contributed by atoms with Crippen molar-refractivity contribution < 1.29 is 9.47 Å². The molecule has 1 saturated heterocycles. The summed E-state index contributed by atoms with van der Waals surface area (Å²) in [6, 6.07) is 6.13. The van der Waals surface area contributed by atoms with E-state index >= 15 is 0 Å². The predicted octanol–water partition coefficient (Wildman–Crippen LogP) is 2.96. The zero-order valence-electron chi connectivity index (χ0n) is 20.8. The molecule has 1 aliphatic rings. The summed E-state index contributed by atoms with van der Waals surface area (Å²) in [5.41, 5.74) is 2.38. The van der Waals surface area contributed by atoms with E-state index in [0.717, 1.165) is 31.7 Å². The molecule has 1 unspecified atom stereocenters. The van der Waals surface area contributed by atoms with Crippen LogP contribution in [0.4, 0.5) is 23.3 Å². The van der Waals surface area contributed by atoms with Crippen molar-refractivity contribution in [3.8, 4) is 0 Å². The summed E-state index contributed by atoms with van der Waals surface area (Å²) in [7, 11) is 0. The number of aromatic nitrogens is 3. The van der Waals surface area contributed by atoms with Crippen LogP contribution in [0.5, 0.6) is 0 Å². The first-order valence-electron chi connectivity index (χ1n) is 12.1. The van der Waals surface area contributed by atoms with Gasteiger partial charge in [-0.1, -0.05) is 13.0 Å². The lowest BCUT2D eigenvalue weighted by molar-refractivity contribution is 0.144. The van der Waals surface area contributed by atoms with E-state index in [2.05, 4.69) is 39.7 Å². The van der Waals surface area contributed by atoms with Gasteiger partial charge >= 0.3 is 0 Å². The van der Waals surface area contributed by atoms with Gasteiger partial charge in [0.15, 0.2) is 5.82 Å². The first kappa shape index (κ1) is 25.8. The lowest BCUT2D eigenvalue weighted by atomic mass is 10.2. The maximum Gasteiger partial charge on any atom is 0.228 e. The maximum absolute atomic E-state index is 8.72. The summed E-state index contributed by atoms with van der Waals surface area (Å²) in [6.45, 7) is 13.1. The van der Waals surface area contributed by atoms with Crippen LogP contribution < -0.4 is 20.9 Å². The summed E-state index contributed by atoms with van der Waals surface area (Å²) in [6.07, 6.45) is 0.969. The number of nitrogens with zero attached hydrogens (tertiary/aromatic N) is 4. The lowest BCUT2D eigenvalue weighted by Gasteiger charge is -2.32. The fourth-order valence-electron chi connectivity index (χ4n) is 3.68. The van der Waals surface area contributed by atoms with E-state index in [-0.39, 0.29) is 6.61 Å². The van der Waals surface area contributed by atoms with E-state index in [9.17, 15) is 0 Å². The quantitative estimate of drug-likeness (QED) is 0.259. The normalized spacial score (nSPS) is 15.9. The fourth-order valence-corrected chi connectivity index (χ4v) is 3.68. The van der Waals surface area contributed by atoms with Gasteiger partial charge < -0.3 is 35.7 Å². The highest BCUT2D eigenvalue weighted by Crippen LogP contribution is 2.29. The van der Waals surface area contributed by atoms with Crippen molar-refractivity contribution in [1.29, 1.82) is 5.41 Å². The molecule has 0 radical (unpaired) electrons. The molecule has 0 bridgehead atoms. The molecule has 3 rings (SSSR count). The molecule has 0 spiro atoms. The number of hydrogen-bond donors (Lipinski definition) is 4. The van der Waals surface area contributed by atoms with Gasteiger partial charge in [0.1, 0.15) is 17.2 Å². The highest BCUT2D eigenvalue weighted by molar-refractivity contribution is 6.04. The SMILES string of the molecule is CCCOCCNc1c(Nc2cccc(C)n2)nc(N2CCNC(C)C2)nc1C(=N)COCC. The van der Waals surface area contributed by atoms with Gasteiger partial charge in [0, 0.05) is 51.1 Å². The van der Waals surface area contributed by atoms with Crippen molar-refractivity contribution in [3.05, 3.63) is 29.6 Å². The van der Waals surface area contributed by atoms with Gasteiger partial charge in [-0.15, -0.1) is 0 Å². The Bertz CT molecular complexity index is 939. The zero-order chi connectivity index (χ0) is 24.3. The van der Waals surface area contributed by atoms with Gasteiger partial charge in [-0.3, -0.25) is 0 Å². The van der Waals surface area contributed by atoms with Crippen molar-refractivity contribution in [2.45, 2.75) is 40.2 Å². The number of rotatable bonds is 13. The number of pyridine rings is 1. The minimum absolute atomic E-state index is 0.175. The van der Waals surface area contributed by atoms with Crippen LogP contribution in [0.1, 0.15) is 38.6 Å². The minimum atomic E-state index is 0.175. The molecule has 4 N–H and O–H groups in total. The molecule has 2 aromatic rings. The Morgan fingerprint density at radius 3 is 2.79 bits per heavy atom. The summed E-state index contributed by atoms with van der Waals surface area (Å²) in [5.74, 6) is 1.86. The molecule has 1 atom stereocenters. The van der Waals surface area contributed by atoms with Crippen molar-refractivity contribution in [1.82, 2.24) is 20.3 Å². The van der Waals surface area contributed by atoms with Crippen molar-refractivity contribution in [2.75, 3.05) is 68.1 Å². The fraction of sp³-hybridized carbons (Fsp3) is 0.583. The summed E-state index contributed by atoms with van der Waals surface area (Å²) in [5, 5.41) is 18.9. The highest BCUT2D eigenvalue weighted by Gasteiger charge is 2.24. The van der Waals surface area contributed by atoms with Crippen molar-refractivity contribution >= 4 is 29.0 Å². The monoisotopic (exact) mass is 470 g/mol. The molecule has 0 aromatic carbocycles. The van der Waals surface area contributed by atoms with Crippen LogP contribution in [-0.4, -0.2) is 79.3 Å². The lowest BCUT2D eigenvalue weighted by Crippen LogP contribution is -2.50. The van der Waals surface area contributed by atoms with E-state index < -0.39 is 0 Å². The average molecular weight is 471 g/mol. The Morgan fingerprint density at radius 1 is 1.21 bits per heavy atom. The van der Waals surface area contributed by atoms with Crippen LogP contribution in [0, 0.1) is 12.3 Å². The highest BCUT2D eigenvalue weighted by atomic mass is 16.5. The van der Waals surface area contributed by atoms with Crippen LogP contribution in [-0.2, 0) is 9.47 Å². The van der Waals surface area contributed by atoms with Gasteiger partial charge in [0.2, 0.25) is 5.95 Å². The number of piperazine rings is 1. The Morgan fingerprint density at radius 2 is 2.06 bits per heavy atom. The molecule has 0 aliphatic carbocycles. The first-order chi connectivity index (χ1) is 16.5. The molecule has 0 amide bonds. The van der Waals surface area contributed by atoms with Gasteiger partial charge in [-0.2, -0.15) is 4.98 Å². The van der Waals surface area contributed by atoms with Crippen LogP contribution in [0.2, 0.25) is 0 Å². The third-order valence-electron chi connectivity index (χ3n) is 5.32. The third kappa shape index (κ3) is 7.34. The molecule has 1 aliphatic heterocycles. The molecular weight excluding hydrogens is 432 g/mol. The summed E-state index contributed by atoms with van der Waals surface area (Å²) >= 11 is 0. The summed E-state index contributed by atoms with van der Waals surface area (Å²) in [4.78, 5) is 16.5. The second kappa shape index (κ2) is 13.2.